The van der Waals surface area contributed by atoms with Crippen LogP contribution >= 0.6 is 0 Å². The number of esters is 1. The van der Waals surface area contributed by atoms with Crippen LogP contribution in [0.2, 0.25) is 0 Å². The number of carbonyl (C=O) groups excluding carboxylic acids is 2. The number of methoxy groups -OCH3 is 1. The lowest BCUT2D eigenvalue weighted by atomic mass is 10.1. The first-order chi connectivity index (χ1) is 14.0. The highest BCUT2D eigenvalue weighted by Crippen LogP contribution is 2.29. The number of carbonyl (C=O) groups is 2. The summed E-state index contributed by atoms with van der Waals surface area (Å²) >= 11 is 0. The van der Waals surface area contributed by atoms with E-state index in [0.717, 1.165) is 16.6 Å². The van der Waals surface area contributed by atoms with E-state index in [1.54, 1.807) is 6.92 Å². The maximum atomic E-state index is 12.7. The smallest absolute Gasteiger partial charge is 0.337 e. The number of nitro groups is 1. The van der Waals surface area contributed by atoms with Crippen LogP contribution in [0.15, 0.2) is 42.5 Å². The number of ether oxygens (including phenoxy) is 1. The zero-order chi connectivity index (χ0) is 22.6. The van der Waals surface area contributed by atoms with Crippen molar-refractivity contribution in [2.75, 3.05) is 23.0 Å². The molecule has 0 saturated heterocycles. The second kappa shape index (κ2) is 8.91. The van der Waals surface area contributed by atoms with Crippen LogP contribution < -0.4 is 9.62 Å². The molecule has 0 fully saturated rings. The Hall–Kier alpha value is -3.47. The topological polar surface area (TPSA) is 136 Å². The van der Waals surface area contributed by atoms with E-state index >= 15 is 0 Å². The third kappa shape index (κ3) is 5.11. The first-order valence-corrected chi connectivity index (χ1v) is 10.5. The van der Waals surface area contributed by atoms with Crippen LogP contribution in [-0.2, 0) is 19.6 Å². The molecule has 0 aliphatic carbocycles. The Morgan fingerprint density at radius 2 is 1.77 bits per heavy atom. The lowest BCUT2D eigenvalue weighted by Gasteiger charge is -2.29. The van der Waals surface area contributed by atoms with Gasteiger partial charge in [-0.1, -0.05) is 6.07 Å². The summed E-state index contributed by atoms with van der Waals surface area (Å²) < 4.78 is 30.3. The second-order valence-corrected chi connectivity index (χ2v) is 8.38. The molecule has 10 nitrogen and oxygen atoms in total. The van der Waals surface area contributed by atoms with Gasteiger partial charge in [0, 0.05) is 17.8 Å². The van der Waals surface area contributed by atoms with Crippen LogP contribution in [-0.4, -0.2) is 44.6 Å². The molecule has 11 heteroatoms. The fraction of sp³-hybridized carbons (Fsp3) is 0.263. The van der Waals surface area contributed by atoms with Gasteiger partial charge in [0.2, 0.25) is 15.9 Å². The zero-order valence-corrected chi connectivity index (χ0v) is 17.6. The van der Waals surface area contributed by atoms with Gasteiger partial charge in [-0.15, -0.1) is 0 Å². The van der Waals surface area contributed by atoms with E-state index < -0.39 is 32.9 Å². The average Bonchev–Trinajstić information content (AvgIpc) is 2.68. The summed E-state index contributed by atoms with van der Waals surface area (Å²) in [7, 11) is -2.71. The summed E-state index contributed by atoms with van der Waals surface area (Å²) in [6, 6.07) is 8.43. The van der Waals surface area contributed by atoms with Crippen LogP contribution in [0.25, 0.3) is 0 Å². The maximum Gasteiger partial charge on any atom is 0.337 e. The molecule has 0 aromatic heterocycles. The third-order valence-corrected chi connectivity index (χ3v) is 5.53. The van der Waals surface area contributed by atoms with E-state index in [1.807, 2.05) is 0 Å². The Labute approximate surface area is 173 Å². The standard InChI is InChI=1S/C19H21N3O7S/c1-12-5-10-16(22(25)26)11-17(12)21(30(4,27)28)13(2)18(23)20-15-8-6-14(7-9-15)19(24)29-3/h5-11,13H,1-4H3,(H,20,23)/t13-/m0/s1. The van der Waals surface area contributed by atoms with Crippen molar-refractivity contribution in [3.63, 3.8) is 0 Å². The molecule has 30 heavy (non-hydrogen) atoms. The summed E-state index contributed by atoms with van der Waals surface area (Å²) in [5.41, 5.74) is 0.816. The highest BCUT2D eigenvalue weighted by atomic mass is 32.2. The number of rotatable bonds is 7. The van der Waals surface area contributed by atoms with Crippen molar-refractivity contribution in [2.45, 2.75) is 19.9 Å². The first-order valence-electron chi connectivity index (χ1n) is 8.69. The largest absolute Gasteiger partial charge is 0.465 e. The molecule has 0 aliphatic rings. The number of sulfonamides is 1. The van der Waals surface area contributed by atoms with Crippen LogP contribution in [0.5, 0.6) is 0 Å². The molecule has 1 amide bonds. The molecule has 0 unspecified atom stereocenters. The van der Waals surface area contributed by atoms with Gasteiger partial charge in [-0.05, 0) is 43.7 Å². The molecular weight excluding hydrogens is 414 g/mol. The summed E-state index contributed by atoms with van der Waals surface area (Å²) in [5, 5.41) is 13.7. The lowest BCUT2D eigenvalue weighted by molar-refractivity contribution is -0.384. The van der Waals surface area contributed by atoms with Gasteiger partial charge in [0.05, 0.1) is 29.5 Å². The highest BCUT2D eigenvalue weighted by Gasteiger charge is 2.31. The number of non-ortho nitro benzene ring substituents is 1. The normalized spacial score (nSPS) is 12.0. The molecule has 0 spiro atoms. The van der Waals surface area contributed by atoms with Gasteiger partial charge in [0.1, 0.15) is 6.04 Å². The van der Waals surface area contributed by atoms with Gasteiger partial charge in [-0.25, -0.2) is 13.2 Å². The molecule has 0 bridgehead atoms. The van der Waals surface area contributed by atoms with E-state index in [-0.39, 0.29) is 16.9 Å². The quantitative estimate of drug-likeness (QED) is 0.401. The van der Waals surface area contributed by atoms with Gasteiger partial charge in [0.15, 0.2) is 0 Å². The Morgan fingerprint density at radius 3 is 2.27 bits per heavy atom. The monoisotopic (exact) mass is 435 g/mol. The van der Waals surface area contributed by atoms with Crippen molar-refractivity contribution >= 4 is 39.0 Å². The number of nitro benzene ring substituents is 1. The Morgan fingerprint density at radius 1 is 1.17 bits per heavy atom. The number of aryl methyl sites for hydroxylation is 1. The average molecular weight is 435 g/mol. The fourth-order valence-electron chi connectivity index (χ4n) is 2.78. The summed E-state index contributed by atoms with van der Waals surface area (Å²) in [6.45, 7) is 2.96. The van der Waals surface area contributed by atoms with Crippen LogP contribution in [0, 0.1) is 17.0 Å². The van der Waals surface area contributed by atoms with Gasteiger partial charge in [-0.2, -0.15) is 0 Å². The molecule has 0 radical (unpaired) electrons. The molecule has 0 heterocycles. The van der Waals surface area contributed by atoms with E-state index in [0.29, 0.717) is 11.3 Å². The molecule has 2 aromatic carbocycles. The van der Waals surface area contributed by atoms with E-state index in [1.165, 1.54) is 50.4 Å². The second-order valence-electron chi connectivity index (χ2n) is 6.52. The molecule has 2 rings (SSSR count). The molecule has 160 valence electrons. The lowest BCUT2D eigenvalue weighted by Crippen LogP contribution is -2.45. The number of nitrogens with zero attached hydrogens (tertiary/aromatic N) is 2. The van der Waals surface area contributed by atoms with Gasteiger partial charge in [0.25, 0.3) is 5.69 Å². The Kier molecular flexibility index (Phi) is 6.77. The minimum atomic E-state index is -3.95. The van der Waals surface area contributed by atoms with E-state index in [9.17, 15) is 28.1 Å². The Bertz CT molecular complexity index is 1080. The first kappa shape index (κ1) is 22.8. The number of anilines is 2. The zero-order valence-electron chi connectivity index (χ0n) is 16.8. The minimum absolute atomic E-state index is 0.0374. The SMILES string of the molecule is COC(=O)c1ccc(NC(=O)[C@H](C)N(c2cc([N+](=O)[O-])ccc2C)S(C)(=O)=O)cc1. The van der Waals surface area contributed by atoms with Crippen molar-refractivity contribution in [3.05, 3.63) is 63.7 Å². The molecular formula is C19H21N3O7S. The van der Waals surface area contributed by atoms with Crippen LogP contribution in [0.1, 0.15) is 22.8 Å². The summed E-state index contributed by atoms with van der Waals surface area (Å²) in [4.78, 5) is 34.7. The van der Waals surface area contributed by atoms with Crippen LogP contribution in [0.4, 0.5) is 17.1 Å². The van der Waals surface area contributed by atoms with Gasteiger partial charge >= 0.3 is 5.97 Å². The van der Waals surface area contributed by atoms with Crippen molar-refractivity contribution < 1.29 is 27.7 Å². The number of benzene rings is 2. The van der Waals surface area contributed by atoms with Gasteiger partial charge < -0.3 is 10.1 Å². The van der Waals surface area contributed by atoms with Gasteiger partial charge in [-0.3, -0.25) is 19.2 Å². The van der Waals surface area contributed by atoms with Crippen LogP contribution in [0.3, 0.4) is 0 Å². The van der Waals surface area contributed by atoms with Crippen molar-refractivity contribution in [1.29, 1.82) is 0 Å². The van der Waals surface area contributed by atoms with Crippen molar-refractivity contribution in [3.8, 4) is 0 Å². The number of hydrogen-bond donors (Lipinski definition) is 1. The predicted octanol–water partition coefficient (Wildman–Crippen LogP) is 2.48. The maximum absolute atomic E-state index is 12.7. The fourth-order valence-corrected chi connectivity index (χ4v) is 4.01. The molecule has 0 aliphatic heterocycles. The molecule has 1 N–H and O–H groups in total. The minimum Gasteiger partial charge on any atom is -0.465 e. The van der Waals surface area contributed by atoms with E-state index in [2.05, 4.69) is 10.1 Å². The molecule has 2 aromatic rings. The number of hydrogen-bond acceptors (Lipinski definition) is 7. The van der Waals surface area contributed by atoms with Crippen molar-refractivity contribution in [2.24, 2.45) is 0 Å². The number of nitrogens with one attached hydrogen (secondary N) is 1. The Balaban J connectivity index is 2.35. The van der Waals surface area contributed by atoms with Crippen molar-refractivity contribution in [1.82, 2.24) is 0 Å². The third-order valence-electron chi connectivity index (χ3n) is 4.30. The molecule has 0 saturated carbocycles. The predicted molar refractivity (Wildman–Crippen MR) is 111 cm³/mol. The van der Waals surface area contributed by atoms with E-state index in [4.69, 9.17) is 0 Å². The highest BCUT2D eigenvalue weighted by molar-refractivity contribution is 7.92. The molecule has 1 atom stereocenters. The number of amides is 1. The summed E-state index contributed by atoms with van der Waals surface area (Å²) in [6.07, 6.45) is 0.917. The summed E-state index contributed by atoms with van der Waals surface area (Å²) in [5.74, 6) is -1.19.